The number of rotatable bonds is 4. The van der Waals surface area contributed by atoms with Crippen LogP contribution in [0.4, 0.5) is 0 Å². The van der Waals surface area contributed by atoms with Gasteiger partial charge in [-0.15, -0.1) is 0 Å². The Morgan fingerprint density at radius 3 is 2.80 bits per heavy atom. The summed E-state index contributed by atoms with van der Waals surface area (Å²) in [5.74, 6) is -1.92. The number of nitrogens with one attached hydrogen (secondary N) is 2. The summed E-state index contributed by atoms with van der Waals surface area (Å²) in [7, 11) is 0. The van der Waals surface area contributed by atoms with E-state index < -0.39 is 11.9 Å². The second kappa shape index (κ2) is 4.84. The predicted molar refractivity (Wildman–Crippen MR) is 54.9 cm³/mol. The van der Waals surface area contributed by atoms with Crippen molar-refractivity contribution in [3.63, 3.8) is 0 Å². The van der Waals surface area contributed by atoms with Crippen molar-refractivity contribution in [2.75, 3.05) is 6.54 Å². The van der Waals surface area contributed by atoms with Gasteiger partial charge in [-0.3, -0.25) is 9.59 Å². The maximum Gasteiger partial charge on any atom is 0.308 e. The Hall–Kier alpha value is -1.49. The average molecular weight is 231 g/mol. The lowest BCUT2D eigenvalue weighted by molar-refractivity contribution is -0.140. The molecule has 0 unspecified atom stereocenters. The standard InChI is InChI=1S/C9H11ClN2O3/c1-5(9(14)15)3-12-8(13)7-2-6(10)4-11-7/h2,4-5,11H,3H2,1H3,(H,12,13)(H,14,15)/t5-/m1/s1. The van der Waals surface area contributed by atoms with E-state index in [9.17, 15) is 9.59 Å². The number of carbonyl (C=O) groups is 2. The Bertz CT molecular complexity index is 375. The van der Waals surface area contributed by atoms with Crippen LogP contribution >= 0.6 is 11.6 Å². The largest absolute Gasteiger partial charge is 0.481 e. The van der Waals surface area contributed by atoms with Crippen LogP contribution in [0.25, 0.3) is 0 Å². The molecule has 0 saturated carbocycles. The number of aromatic amines is 1. The normalized spacial score (nSPS) is 12.1. The van der Waals surface area contributed by atoms with Gasteiger partial charge in [0.1, 0.15) is 5.69 Å². The first-order chi connectivity index (χ1) is 7.00. The van der Waals surface area contributed by atoms with Gasteiger partial charge in [-0.25, -0.2) is 0 Å². The number of carboxylic acid groups (broad SMARTS) is 1. The zero-order valence-electron chi connectivity index (χ0n) is 8.08. The van der Waals surface area contributed by atoms with Gasteiger partial charge in [0.05, 0.1) is 10.9 Å². The Balaban J connectivity index is 2.47. The third kappa shape index (κ3) is 3.28. The molecule has 0 aliphatic heterocycles. The summed E-state index contributed by atoms with van der Waals surface area (Å²) in [4.78, 5) is 24.5. The van der Waals surface area contributed by atoms with Gasteiger partial charge in [0.25, 0.3) is 5.91 Å². The van der Waals surface area contributed by atoms with Crippen molar-refractivity contribution in [3.8, 4) is 0 Å². The summed E-state index contributed by atoms with van der Waals surface area (Å²) in [6, 6.07) is 1.47. The number of amides is 1. The highest BCUT2D eigenvalue weighted by molar-refractivity contribution is 6.30. The number of halogens is 1. The molecular formula is C9H11ClN2O3. The summed E-state index contributed by atoms with van der Waals surface area (Å²) < 4.78 is 0. The van der Waals surface area contributed by atoms with Gasteiger partial charge < -0.3 is 15.4 Å². The molecule has 0 bridgehead atoms. The fourth-order valence-corrected chi connectivity index (χ4v) is 1.09. The average Bonchev–Trinajstić information content (AvgIpc) is 2.60. The summed E-state index contributed by atoms with van der Waals surface area (Å²) in [6.45, 7) is 1.61. The minimum Gasteiger partial charge on any atom is -0.481 e. The highest BCUT2D eigenvalue weighted by Gasteiger charge is 2.13. The number of hydrogen-bond acceptors (Lipinski definition) is 2. The molecule has 0 saturated heterocycles. The highest BCUT2D eigenvalue weighted by Crippen LogP contribution is 2.09. The predicted octanol–water partition coefficient (Wildman–Crippen LogP) is 1.12. The fraction of sp³-hybridized carbons (Fsp3) is 0.333. The topological polar surface area (TPSA) is 82.2 Å². The lowest BCUT2D eigenvalue weighted by Crippen LogP contribution is -2.31. The zero-order chi connectivity index (χ0) is 11.4. The molecule has 0 fully saturated rings. The molecular weight excluding hydrogens is 220 g/mol. The molecule has 1 aromatic heterocycles. The Kier molecular flexibility index (Phi) is 3.74. The minimum absolute atomic E-state index is 0.0881. The van der Waals surface area contributed by atoms with E-state index in [4.69, 9.17) is 16.7 Å². The van der Waals surface area contributed by atoms with Crippen LogP contribution in [-0.2, 0) is 4.79 Å². The minimum atomic E-state index is -0.945. The van der Waals surface area contributed by atoms with Gasteiger partial charge >= 0.3 is 5.97 Å². The zero-order valence-corrected chi connectivity index (χ0v) is 8.84. The van der Waals surface area contributed by atoms with Crippen molar-refractivity contribution in [3.05, 3.63) is 23.0 Å². The smallest absolute Gasteiger partial charge is 0.308 e. The fourth-order valence-electron chi connectivity index (χ4n) is 0.927. The molecule has 1 amide bonds. The van der Waals surface area contributed by atoms with Crippen LogP contribution in [0.15, 0.2) is 12.3 Å². The van der Waals surface area contributed by atoms with Gasteiger partial charge in [-0.1, -0.05) is 18.5 Å². The van der Waals surface area contributed by atoms with Crippen molar-refractivity contribution in [1.29, 1.82) is 0 Å². The van der Waals surface area contributed by atoms with Crippen molar-refractivity contribution in [1.82, 2.24) is 10.3 Å². The van der Waals surface area contributed by atoms with Gasteiger partial charge in [0.2, 0.25) is 0 Å². The lowest BCUT2D eigenvalue weighted by Gasteiger charge is -2.06. The van der Waals surface area contributed by atoms with Crippen LogP contribution in [0.1, 0.15) is 17.4 Å². The molecule has 0 spiro atoms. The van der Waals surface area contributed by atoms with Crippen LogP contribution in [0.5, 0.6) is 0 Å². The monoisotopic (exact) mass is 230 g/mol. The molecule has 0 aliphatic rings. The molecule has 1 aromatic rings. The van der Waals surface area contributed by atoms with E-state index >= 15 is 0 Å². The van der Waals surface area contributed by atoms with E-state index in [1.807, 2.05) is 0 Å². The summed E-state index contributed by atoms with van der Waals surface area (Å²) in [5.41, 5.74) is 0.317. The molecule has 0 radical (unpaired) electrons. The number of aromatic nitrogens is 1. The van der Waals surface area contributed by atoms with Crippen LogP contribution in [-0.4, -0.2) is 28.5 Å². The van der Waals surface area contributed by atoms with E-state index in [-0.39, 0.29) is 12.5 Å². The van der Waals surface area contributed by atoms with Crippen LogP contribution in [0, 0.1) is 5.92 Å². The van der Waals surface area contributed by atoms with E-state index in [0.717, 1.165) is 0 Å². The van der Waals surface area contributed by atoms with Crippen molar-refractivity contribution in [2.45, 2.75) is 6.92 Å². The molecule has 82 valence electrons. The van der Waals surface area contributed by atoms with E-state index in [2.05, 4.69) is 10.3 Å². The van der Waals surface area contributed by atoms with Crippen LogP contribution in [0.3, 0.4) is 0 Å². The van der Waals surface area contributed by atoms with Gasteiger partial charge in [0, 0.05) is 12.7 Å². The quantitative estimate of drug-likeness (QED) is 0.725. The van der Waals surface area contributed by atoms with Crippen molar-refractivity contribution >= 4 is 23.5 Å². The van der Waals surface area contributed by atoms with Gasteiger partial charge in [0.15, 0.2) is 0 Å². The third-order valence-electron chi connectivity index (χ3n) is 1.88. The van der Waals surface area contributed by atoms with E-state index in [1.54, 1.807) is 0 Å². The van der Waals surface area contributed by atoms with Gasteiger partial charge in [-0.2, -0.15) is 0 Å². The molecule has 0 aromatic carbocycles. The van der Waals surface area contributed by atoms with Crippen molar-refractivity contribution < 1.29 is 14.7 Å². The first-order valence-corrected chi connectivity index (χ1v) is 4.73. The highest BCUT2D eigenvalue weighted by atomic mass is 35.5. The second-order valence-corrected chi connectivity index (χ2v) is 3.62. The Morgan fingerprint density at radius 1 is 1.67 bits per heavy atom. The number of H-pyrrole nitrogens is 1. The second-order valence-electron chi connectivity index (χ2n) is 3.18. The Labute approximate surface area is 91.4 Å². The molecule has 1 heterocycles. The molecule has 3 N–H and O–H groups in total. The molecule has 5 nitrogen and oxygen atoms in total. The summed E-state index contributed by atoms with van der Waals surface area (Å²) >= 11 is 5.61. The number of hydrogen-bond donors (Lipinski definition) is 3. The Morgan fingerprint density at radius 2 is 2.33 bits per heavy atom. The van der Waals surface area contributed by atoms with E-state index in [0.29, 0.717) is 10.7 Å². The molecule has 1 rings (SSSR count). The van der Waals surface area contributed by atoms with E-state index in [1.165, 1.54) is 19.2 Å². The first kappa shape index (κ1) is 11.6. The molecule has 6 heteroatoms. The molecule has 1 atom stereocenters. The van der Waals surface area contributed by atoms with Crippen molar-refractivity contribution in [2.24, 2.45) is 5.92 Å². The van der Waals surface area contributed by atoms with Crippen LogP contribution in [0.2, 0.25) is 5.02 Å². The summed E-state index contributed by atoms with van der Waals surface area (Å²) in [6.07, 6.45) is 1.48. The molecule has 0 aliphatic carbocycles. The third-order valence-corrected chi connectivity index (χ3v) is 2.10. The maximum absolute atomic E-state index is 11.4. The van der Waals surface area contributed by atoms with Gasteiger partial charge in [-0.05, 0) is 6.07 Å². The number of carboxylic acids is 1. The summed E-state index contributed by atoms with van der Waals surface area (Å²) in [5, 5.41) is 11.5. The van der Waals surface area contributed by atoms with Crippen LogP contribution < -0.4 is 5.32 Å². The number of aliphatic carboxylic acids is 1. The first-order valence-electron chi connectivity index (χ1n) is 4.35. The maximum atomic E-state index is 11.4. The SMILES string of the molecule is C[C@H](CNC(=O)c1cc(Cl)c[nH]1)C(=O)O. The lowest BCUT2D eigenvalue weighted by atomic mass is 10.2. The molecule has 15 heavy (non-hydrogen) atoms. The number of carbonyl (C=O) groups excluding carboxylic acids is 1.